The number of fused-ring (bicyclic) bond motifs is 1. The number of nitrogens with zero attached hydrogens (tertiary/aromatic N) is 2. The van der Waals surface area contributed by atoms with E-state index in [9.17, 15) is 9.59 Å². The normalized spacial score (nSPS) is 15.5. The molecule has 1 atom stereocenters. The van der Waals surface area contributed by atoms with Crippen LogP contribution in [0.4, 0.5) is 5.82 Å². The molecule has 0 saturated carbocycles. The molecule has 31 heavy (non-hydrogen) atoms. The first-order valence-corrected chi connectivity index (χ1v) is 11.2. The largest absolute Gasteiger partial charge is 0.491 e. The van der Waals surface area contributed by atoms with E-state index in [-0.39, 0.29) is 29.9 Å². The first kappa shape index (κ1) is 21.2. The third-order valence-corrected chi connectivity index (χ3v) is 6.27. The second kappa shape index (κ2) is 8.98. The maximum atomic E-state index is 13.0. The zero-order valence-corrected chi connectivity index (χ0v) is 18.6. The Bertz CT molecular complexity index is 1140. The summed E-state index contributed by atoms with van der Waals surface area (Å²) in [7, 11) is 1.83. The van der Waals surface area contributed by atoms with Crippen LogP contribution >= 0.6 is 11.8 Å². The van der Waals surface area contributed by atoms with Gasteiger partial charge in [-0.05, 0) is 37.1 Å². The molecule has 7 heteroatoms. The van der Waals surface area contributed by atoms with Crippen molar-refractivity contribution < 1.29 is 9.53 Å². The Morgan fingerprint density at radius 3 is 2.52 bits per heavy atom. The number of anilines is 1. The van der Waals surface area contributed by atoms with Crippen LogP contribution in [-0.4, -0.2) is 21.6 Å². The minimum absolute atomic E-state index is 0.0790. The molecule has 0 radical (unpaired) electrons. The highest BCUT2D eigenvalue weighted by Gasteiger charge is 2.32. The lowest BCUT2D eigenvalue weighted by atomic mass is 9.87. The van der Waals surface area contributed by atoms with E-state index in [4.69, 9.17) is 4.74 Å². The lowest BCUT2D eigenvalue weighted by Crippen LogP contribution is -2.33. The molecule has 0 aliphatic carbocycles. The van der Waals surface area contributed by atoms with Gasteiger partial charge in [0.1, 0.15) is 11.6 Å². The number of hydrogen-bond donors (Lipinski definition) is 1. The molecule has 1 aliphatic heterocycles. The van der Waals surface area contributed by atoms with Gasteiger partial charge in [-0.1, -0.05) is 54.2 Å². The zero-order chi connectivity index (χ0) is 22.0. The first-order valence-electron chi connectivity index (χ1n) is 10.3. The molecule has 2 heterocycles. The van der Waals surface area contributed by atoms with Gasteiger partial charge in [-0.3, -0.25) is 9.59 Å². The van der Waals surface area contributed by atoms with Gasteiger partial charge < -0.3 is 14.6 Å². The van der Waals surface area contributed by atoms with Gasteiger partial charge in [-0.15, -0.1) is 0 Å². The van der Waals surface area contributed by atoms with Crippen molar-refractivity contribution in [3.05, 3.63) is 81.6 Å². The zero-order valence-electron chi connectivity index (χ0n) is 17.8. The molecule has 0 saturated heterocycles. The molecule has 1 N–H and O–H groups in total. The minimum atomic E-state index is -0.337. The van der Waals surface area contributed by atoms with Gasteiger partial charge in [0.05, 0.1) is 11.7 Å². The van der Waals surface area contributed by atoms with Gasteiger partial charge in [-0.25, -0.2) is 0 Å². The van der Waals surface area contributed by atoms with Crippen LogP contribution in [-0.2, 0) is 17.6 Å². The predicted octanol–water partition coefficient (Wildman–Crippen LogP) is 4.33. The van der Waals surface area contributed by atoms with E-state index in [1.54, 1.807) is 0 Å². The lowest BCUT2D eigenvalue weighted by Gasteiger charge is -2.27. The molecule has 2 aromatic carbocycles. The molecular weight excluding hydrogens is 410 g/mol. The van der Waals surface area contributed by atoms with Crippen LogP contribution < -0.4 is 15.6 Å². The van der Waals surface area contributed by atoms with Crippen LogP contribution in [0, 0.1) is 0 Å². The van der Waals surface area contributed by atoms with Crippen molar-refractivity contribution in [1.82, 2.24) is 9.55 Å². The molecule has 0 fully saturated rings. The first-order chi connectivity index (χ1) is 14.9. The number of ether oxygens (including phenoxy) is 1. The van der Waals surface area contributed by atoms with Crippen molar-refractivity contribution in [2.45, 2.75) is 43.2 Å². The third-order valence-electron chi connectivity index (χ3n) is 5.17. The van der Waals surface area contributed by atoms with Crippen LogP contribution in [0.2, 0.25) is 0 Å². The number of rotatable bonds is 6. The molecule has 0 unspecified atom stereocenters. The van der Waals surface area contributed by atoms with Crippen LogP contribution in [0.3, 0.4) is 0 Å². The summed E-state index contributed by atoms with van der Waals surface area (Å²) in [5.41, 5.74) is 2.28. The van der Waals surface area contributed by atoms with E-state index in [1.165, 1.54) is 11.8 Å². The van der Waals surface area contributed by atoms with E-state index in [2.05, 4.69) is 10.3 Å². The van der Waals surface area contributed by atoms with Crippen molar-refractivity contribution in [1.29, 1.82) is 0 Å². The van der Waals surface area contributed by atoms with Crippen molar-refractivity contribution >= 4 is 23.5 Å². The SMILES string of the molecule is CC(C)Oc1ccc([C@@H]2CC(=O)Nc3c2c(=O)nc(SCc2ccccc2)n3C)cc1. The number of carbonyl (C=O) groups is 1. The van der Waals surface area contributed by atoms with Crippen LogP contribution in [0.15, 0.2) is 64.5 Å². The van der Waals surface area contributed by atoms with Crippen molar-refractivity contribution in [3.8, 4) is 5.75 Å². The quantitative estimate of drug-likeness (QED) is 0.461. The fourth-order valence-electron chi connectivity index (χ4n) is 3.72. The summed E-state index contributed by atoms with van der Waals surface area (Å²) in [6.07, 6.45) is 0.292. The smallest absolute Gasteiger partial charge is 0.279 e. The number of thioether (sulfide) groups is 1. The standard InChI is InChI=1S/C24H25N3O3S/c1-15(2)30-18-11-9-17(10-12-18)19-13-20(28)25-22-21(19)23(29)26-24(27(22)3)31-14-16-7-5-4-6-8-16/h4-12,15,19H,13-14H2,1-3H3,(H,25,28)/t19-/m0/s1. The van der Waals surface area contributed by atoms with Gasteiger partial charge in [-0.2, -0.15) is 4.98 Å². The molecule has 0 bridgehead atoms. The molecule has 1 aliphatic rings. The van der Waals surface area contributed by atoms with E-state index in [0.29, 0.717) is 22.3 Å². The maximum absolute atomic E-state index is 13.0. The minimum Gasteiger partial charge on any atom is -0.491 e. The van der Waals surface area contributed by atoms with Crippen molar-refractivity contribution in [2.75, 3.05) is 5.32 Å². The van der Waals surface area contributed by atoms with Crippen molar-refractivity contribution in [3.63, 3.8) is 0 Å². The summed E-state index contributed by atoms with van der Waals surface area (Å²) in [5, 5.41) is 3.47. The summed E-state index contributed by atoms with van der Waals surface area (Å²) in [5.74, 6) is 1.53. The van der Waals surface area contributed by atoms with Crippen LogP contribution in [0.5, 0.6) is 5.75 Å². The molecule has 0 spiro atoms. The molecule has 160 valence electrons. The highest BCUT2D eigenvalue weighted by molar-refractivity contribution is 7.98. The molecule has 3 aromatic rings. The van der Waals surface area contributed by atoms with Crippen LogP contribution in [0.25, 0.3) is 0 Å². The highest BCUT2D eigenvalue weighted by atomic mass is 32.2. The number of amides is 1. The van der Waals surface area contributed by atoms with Crippen LogP contribution in [0.1, 0.15) is 42.9 Å². The van der Waals surface area contributed by atoms with Gasteiger partial charge in [0, 0.05) is 25.1 Å². The van der Waals surface area contributed by atoms with Gasteiger partial charge in [0.25, 0.3) is 5.56 Å². The number of hydrogen-bond acceptors (Lipinski definition) is 5. The maximum Gasteiger partial charge on any atom is 0.279 e. The number of nitrogens with one attached hydrogen (secondary N) is 1. The van der Waals surface area contributed by atoms with E-state index < -0.39 is 0 Å². The Balaban J connectivity index is 1.66. The van der Waals surface area contributed by atoms with E-state index in [0.717, 1.165) is 16.9 Å². The second-order valence-electron chi connectivity index (χ2n) is 7.84. The Kier molecular flexibility index (Phi) is 6.13. The number of aromatic nitrogens is 2. The van der Waals surface area contributed by atoms with Gasteiger partial charge >= 0.3 is 0 Å². The molecule has 6 nitrogen and oxygen atoms in total. The topological polar surface area (TPSA) is 73.2 Å². The van der Waals surface area contributed by atoms with E-state index >= 15 is 0 Å². The Morgan fingerprint density at radius 2 is 1.84 bits per heavy atom. The fourth-order valence-corrected chi connectivity index (χ4v) is 4.64. The summed E-state index contributed by atoms with van der Waals surface area (Å²) in [6, 6.07) is 17.6. The van der Waals surface area contributed by atoms with Gasteiger partial charge in [0.15, 0.2) is 5.16 Å². The molecule has 4 rings (SSSR count). The van der Waals surface area contributed by atoms with Crippen molar-refractivity contribution in [2.24, 2.45) is 7.05 Å². The number of carbonyl (C=O) groups excluding carboxylic acids is 1. The lowest BCUT2D eigenvalue weighted by molar-refractivity contribution is -0.116. The molecule has 1 amide bonds. The molecule has 1 aromatic heterocycles. The Labute approximate surface area is 185 Å². The number of benzene rings is 2. The molecular formula is C24H25N3O3S. The Hall–Kier alpha value is -3.06. The summed E-state index contributed by atoms with van der Waals surface area (Å²) < 4.78 is 7.52. The monoisotopic (exact) mass is 435 g/mol. The predicted molar refractivity (Wildman–Crippen MR) is 123 cm³/mol. The summed E-state index contributed by atoms with van der Waals surface area (Å²) in [6.45, 7) is 3.94. The summed E-state index contributed by atoms with van der Waals surface area (Å²) in [4.78, 5) is 29.9. The summed E-state index contributed by atoms with van der Waals surface area (Å²) >= 11 is 1.48. The Morgan fingerprint density at radius 1 is 1.13 bits per heavy atom. The average Bonchev–Trinajstić information content (AvgIpc) is 2.75. The van der Waals surface area contributed by atoms with E-state index in [1.807, 2.05) is 80.1 Å². The highest BCUT2D eigenvalue weighted by Crippen LogP contribution is 2.36. The average molecular weight is 436 g/mol. The third kappa shape index (κ3) is 4.66. The van der Waals surface area contributed by atoms with Gasteiger partial charge in [0.2, 0.25) is 5.91 Å². The fraction of sp³-hybridized carbons (Fsp3) is 0.292. The second-order valence-corrected chi connectivity index (χ2v) is 8.78.